The molecule has 0 aliphatic carbocycles. The zero-order valence-corrected chi connectivity index (χ0v) is 16.0. The van der Waals surface area contributed by atoms with Gasteiger partial charge in [-0.1, -0.05) is 20.8 Å². The molecular weight excluding hydrogens is 350 g/mol. The van der Waals surface area contributed by atoms with Gasteiger partial charge in [0.05, 0.1) is 0 Å². The number of carbonyl (C=O) groups excluding carboxylic acids is 1. The zero-order valence-electron chi connectivity index (χ0n) is 16.0. The first kappa shape index (κ1) is 20.5. The second kappa shape index (κ2) is 8.70. The van der Waals surface area contributed by atoms with Gasteiger partial charge in [-0.15, -0.1) is 0 Å². The van der Waals surface area contributed by atoms with Crippen LogP contribution in [0.1, 0.15) is 38.3 Å². The summed E-state index contributed by atoms with van der Waals surface area (Å²) in [7, 11) is 0. The lowest BCUT2D eigenvalue weighted by molar-refractivity contribution is -0.142. The van der Waals surface area contributed by atoms with E-state index in [1.165, 1.54) is 6.07 Å². The van der Waals surface area contributed by atoms with Crippen molar-refractivity contribution in [3.8, 4) is 5.75 Å². The van der Waals surface area contributed by atoms with Crippen LogP contribution < -0.4 is 15.7 Å². The van der Waals surface area contributed by atoms with Crippen LogP contribution in [0.15, 0.2) is 27.4 Å². The molecule has 1 aromatic heterocycles. The number of ether oxygens (including phenoxy) is 1. The number of hydrogen-bond acceptors (Lipinski definition) is 5. The van der Waals surface area contributed by atoms with E-state index < -0.39 is 23.5 Å². The van der Waals surface area contributed by atoms with Crippen molar-refractivity contribution in [1.82, 2.24) is 5.32 Å². The molecule has 0 aliphatic rings. The zero-order chi connectivity index (χ0) is 20.1. The second-order valence-electron chi connectivity index (χ2n) is 6.89. The van der Waals surface area contributed by atoms with Crippen LogP contribution in [0.4, 0.5) is 0 Å². The third-order valence-electron chi connectivity index (χ3n) is 4.28. The third kappa shape index (κ3) is 5.09. The van der Waals surface area contributed by atoms with Crippen LogP contribution in [-0.2, 0) is 16.0 Å². The highest BCUT2D eigenvalue weighted by molar-refractivity contribution is 5.86. The number of benzene rings is 1. The summed E-state index contributed by atoms with van der Waals surface area (Å²) in [5, 5.41) is 12.5. The summed E-state index contributed by atoms with van der Waals surface area (Å²) >= 11 is 0. The van der Waals surface area contributed by atoms with Crippen molar-refractivity contribution in [2.75, 3.05) is 6.61 Å². The third-order valence-corrected chi connectivity index (χ3v) is 4.28. The Kier molecular flexibility index (Phi) is 6.60. The fourth-order valence-corrected chi connectivity index (χ4v) is 2.93. The van der Waals surface area contributed by atoms with E-state index in [1.807, 2.05) is 20.8 Å². The number of fused-ring (bicyclic) bond motifs is 1. The first-order chi connectivity index (χ1) is 12.7. The molecule has 0 unspecified atom stereocenters. The molecule has 146 valence electrons. The Morgan fingerprint density at radius 3 is 2.59 bits per heavy atom. The minimum atomic E-state index is -1.08. The lowest BCUT2D eigenvalue weighted by Crippen LogP contribution is -2.43. The minimum absolute atomic E-state index is 0.130. The van der Waals surface area contributed by atoms with Crippen LogP contribution in [0.3, 0.4) is 0 Å². The van der Waals surface area contributed by atoms with Gasteiger partial charge in [-0.3, -0.25) is 4.79 Å². The van der Waals surface area contributed by atoms with Gasteiger partial charge in [0.15, 0.2) is 6.61 Å². The van der Waals surface area contributed by atoms with Crippen molar-refractivity contribution >= 4 is 22.8 Å². The van der Waals surface area contributed by atoms with Crippen LogP contribution in [0.2, 0.25) is 0 Å². The molecule has 2 aromatic rings. The van der Waals surface area contributed by atoms with E-state index in [0.717, 1.165) is 10.9 Å². The molecule has 27 heavy (non-hydrogen) atoms. The molecule has 2 N–H and O–H groups in total. The number of rotatable bonds is 8. The first-order valence-corrected chi connectivity index (χ1v) is 8.94. The molecule has 2 rings (SSSR count). The fraction of sp³-hybridized carbons (Fsp3) is 0.450. The number of carboxylic acid groups (broad SMARTS) is 1. The Hall–Kier alpha value is -2.83. The van der Waals surface area contributed by atoms with Crippen molar-refractivity contribution in [2.24, 2.45) is 5.92 Å². The van der Waals surface area contributed by atoms with E-state index in [2.05, 4.69) is 5.32 Å². The largest absolute Gasteiger partial charge is 0.483 e. The fourth-order valence-electron chi connectivity index (χ4n) is 2.93. The van der Waals surface area contributed by atoms with Gasteiger partial charge in [0.25, 0.3) is 5.91 Å². The molecule has 7 heteroatoms. The molecule has 1 aromatic carbocycles. The number of amides is 1. The standard InChI is InChI=1S/C20H25NO6/c1-5-13-9-18(23)27-19-12(4)16(7-6-14(13)19)26-10-17(22)21-15(20(24)25)8-11(2)3/h6-7,9,11,15H,5,8,10H2,1-4H3,(H,21,22)(H,24,25)/t15-/m0/s1. The smallest absolute Gasteiger partial charge is 0.336 e. The molecule has 0 fully saturated rings. The molecule has 0 bridgehead atoms. The highest BCUT2D eigenvalue weighted by Gasteiger charge is 2.21. The molecule has 0 saturated heterocycles. The number of aliphatic carboxylic acids is 1. The molecule has 1 atom stereocenters. The second-order valence-corrected chi connectivity index (χ2v) is 6.89. The van der Waals surface area contributed by atoms with E-state index >= 15 is 0 Å². The monoisotopic (exact) mass is 375 g/mol. The van der Waals surface area contributed by atoms with E-state index in [4.69, 9.17) is 9.15 Å². The highest BCUT2D eigenvalue weighted by atomic mass is 16.5. The molecule has 1 amide bonds. The summed E-state index contributed by atoms with van der Waals surface area (Å²) in [6.07, 6.45) is 1.03. The predicted octanol–water partition coefficient (Wildman–Crippen LogP) is 2.66. The molecule has 0 aliphatic heterocycles. The quantitative estimate of drug-likeness (QED) is 0.687. The topological polar surface area (TPSA) is 106 Å². The Morgan fingerprint density at radius 2 is 2.00 bits per heavy atom. The van der Waals surface area contributed by atoms with Gasteiger partial charge in [0.2, 0.25) is 0 Å². The normalized spacial score (nSPS) is 12.2. The number of aryl methyl sites for hydroxylation is 2. The highest BCUT2D eigenvalue weighted by Crippen LogP contribution is 2.28. The Labute approximate surface area is 157 Å². The van der Waals surface area contributed by atoms with E-state index in [-0.39, 0.29) is 12.5 Å². The number of carboxylic acids is 1. The summed E-state index contributed by atoms with van der Waals surface area (Å²) < 4.78 is 10.8. The van der Waals surface area contributed by atoms with E-state index in [9.17, 15) is 19.5 Å². The van der Waals surface area contributed by atoms with Crippen LogP contribution >= 0.6 is 0 Å². The summed E-state index contributed by atoms with van der Waals surface area (Å²) in [4.78, 5) is 35.0. The van der Waals surface area contributed by atoms with Gasteiger partial charge in [-0.05, 0) is 43.4 Å². The Bertz CT molecular complexity index is 899. The molecule has 0 spiro atoms. The van der Waals surface area contributed by atoms with Crippen molar-refractivity contribution in [3.63, 3.8) is 0 Å². The SMILES string of the molecule is CCc1cc(=O)oc2c(C)c(OCC(=O)N[C@@H](CC(C)C)C(=O)O)ccc12. The average Bonchev–Trinajstić information content (AvgIpc) is 2.59. The minimum Gasteiger partial charge on any atom is -0.483 e. The summed E-state index contributed by atoms with van der Waals surface area (Å²) in [6.45, 7) is 7.14. The van der Waals surface area contributed by atoms with E-state index in [0.29, 0.717) is 29.7 Å². The van der Waals surface area contributed by atoms with Crippen LogP contribution in [-0.4, -0.2) is 29.6 Å². The number of carbonyl (C=O) groups is 2. The van der Waals surface area contributed by atoms with Gasteiger partial charge in [0, 0.05) is 17.0 Å². The van der Waals surface area contributed by atoms with Gasteiger partial charge in [-0.2, -0.15) is 0 Å². The van der Waals surface area contributed by atoms with Crippen LogP contribution in [0.25, 0.3) is 11.0 Å². The molecule has 1 heterocycles. The maximum Gasteiger partial charge on any atom is 0.336 e. The van der Waals surface area contributed by atoms with Crippen LogP contribution in [0, 0.1) is 12.8 Å². The van der Waals surface area contributed by atoms with Crippen molar-refractivity contribution in [1.29, 1.82) is 0 Å². The Balaban J connectivity index is 2.15. The van der Waals surface area contributed by atoms with E-state index in [1.54, 1.807) is 19.1 Å². The summed E-state index contributed by atoms with van der Waals surface area (Å²) in [5.41, 5.74) is 1.49. The Morgan fingerprint density at radius 1 is 1.30 bits per heavy atom. The number of hydrogen-bond donors (Lipinski definition) is 2. The summed E-state index contributed by atoms with van der Waals surface area (Å²) in [5.74, 6) is -1.06. The maximum absolute atomic E-state index is 12.1. The van der Waals surface area contributed by atoms with Gasteiger partial charge in [-0.25, -0.2) is 9.59 Å². The number of nitrogens with one attached hydrogen (secondary N) is 1. The average molecular weight is 375 g/mol. The summed E-state index contributed by atoms with van der Waals surface area (Å²) in [6, 6.07) is 4.02. The maximum atomic E-state index is 12.1. The van der Waals surface area contributed by atoms with Crippen molar-refractivity contribution in [2.45, 2.75) is 46.6 Å². The predicted molar refractivity (Wildman–Crippen MR) is 101 cm³/mol. The van der Waals surface area contributed by atoms with Crippen molar-refractivity contribution < 1.29 is 23.8 Å². The molecular formula is C20H25NO6. The molecule has 7 nitrogen and oxygen atoms in total. The lowest BCUT2D eigenvalue weighted by atomic mass is 10.0. The van der Waals surface area contributed by atoms with Gasteiger partial charge < -0.3 is 19.6 Å². The molecule has 0 saturated carbocycles. The molecule has 0 radical (unpaired) electrons. The lowest BCUT2D eigenvalue weighted by Gasteiger charge is -2.17. The van der Waals surface area contributed by atoms with Gasteiger partial charge >= 0.3 is 11.6 Å². The van der Waals surface area contributed by atoms with Crippen LogP contribution in [0.5, 0.6) is 5.75 Å². The first-order valence-electron chi connectivity index (χ1n) is 8.94. The van der Waals surface area contributed by atoms with Crippen molar-refractivity contribution in [3.05, 3.63) is 39.7 Å². The van der Waals surface area contributed by atoms with Gasteiger partial charge in [0.1, 0.15) is 17.4 Å².